The molecule has 1 heterocycles. The summed E-state index contributed by atoms with van der Waals surface area (Å²) < 4.78 is 10.9. The van der Waals surface area contributed by atoms with Crippen LogP contribution in [0.1, 0.15) is 47.2 Å². The van der Waals surface area contributed by atoms with Gasteiger partial charge in [0.05, 0.1) is 25.3 Å². The number of aryl methyl sites for hydroxylation is 2. The van der Waals surface area contributed by atoms with Crippen molar-refractivity contribution in [1.29, 1.82) is 0 Å². The number of nitrogens with zero attached hydrogens (tertiary/aromatic N) is 1. The highest BCUT2D eigenvalue weighted by Gasteiger charge is 2.45. The fourth-order valence-electron chi connectivity index (χ4n) is 4.60. The number of benzene rings is 3. The normalized spacial score (nSPS) is 16.8. The molecular formula is C31H33NO5. The Kier molecular flexibility index (Phi) is 7.97. The maximum absolute atomic E-state index is 13.3. The number of Topliss-reactive ketones (excluding diaryl/α,β-unsaturated/α-hetero) is 1. The van der Waals surface area contributed by atoms with Crippen molar-refractivity contribution in [2.24, 2.45) is 0 Å². The van der Waals surface area contributed by atoms with E-state index in [4.69, 9.17) is 9.47 Å². The van der Waals surface area contributed by atoms with Crippen LogP contribution in [0.3, 0.4) is 0 Å². The summed E-state index contributed by atoms with van der Waals surface area (Å²) in [5.74, 6) is -0.00335. The zero-order chi connectivity index (χ0) is 26.5. The zero-order valence-electron chi connectivity index (χ0n) is 21.8. The molecule has 1 atom stereocenters. The first kappa shape index (κ1) is 26.0. The van der Waals surface area contributed by atoms with Gasteiger partial charge in [0.2, 0.25) is 0 Å². The molecule has 6 heteroatoms. The van der Waals surface area contributed by atoms with Crippen molar-refractivity contribution in [2.75, 3.05) is 20.3 Å². The van der Waals surface area contributed by atoms with Gasteiger partial charge in [-0.1, -0.05) is 48.9 Å². The molecule has 6 nitrogen and oxygen atoms in total. The molecule has 0 unspecified atom stereocenters. The Hall–Kier alpha value is -4.06. The Labute approximate surface area is 218 Å². The lowest BCUT2D eigenvalue weighted by molar-refractivity contribution is -0.139. The quantitative estimate of drug-likeness (QED) is 0.230. The van der Waals surface area contributed by atoms with Crippen LogP contribution in [0, 0.1) is 13.8 Å². The summed E-state index contributed by atoms with van der Waals surface area (Å²) in [5.41, 5.74) is 4.24. The predicted octanol–water partition coefficient (Wildman–Crippen LogP) is 5.77. The van der Waals surface area contributed by atoms with Gasteiger partial charge in [-0.25, -0.2) is 0 Å². The highest BCUT2D eigenvalue weighted by molar-refractivity contribution is 6.46. The third-order valence-corrected chi connectivity index (χ3v) is 6.66. The second-order valence-electron chi connectivity index (χ2n) is 9.33. The molecule has 0 radical (unpaired) electrons. The van der Waals surface area contributed by atoms with E-state index in [2.05, 4.69) is 0 Å². The van der Waals surface area contributed by atoms with E-state index in [1.54, 1.807) is 24.1 Å². The second kappa shape index (κ2) is 11.3. The number of carbonyl (C=O) groups excluding carboxylic acids is 2. The van der Waals surface area contributed by atoms with Gasteiger partial charge in [-0.2, -0.15) is 0 Å². The summed E-state index contributed by atoms with van der Waals surface area (Å²) in [6, 6.07) is 20.0. The lowest BCUT2D eigenvalue weighted by atomic mass is 9.93. The van der Waals surface area contributed by atoms with Crippen molar-refractivity contribution in [1.82, 2.24) is 4.90 Å². The molecule has 0 saturated carbocycles. The zero-order valence-corrected chi connectivity index (χ0v) is 21.8. The van der Waals surface area contributed by atoms with Crippen molar-refractivity contribution in [2.45, 2.75) is 39.7 Å². The predicted molar refractivity (Wildman–Crippen MR) is 144 cm³/mol. The van der Waals surface area contributed by atoms with Gasteiger partial charge >= 0.3 is 0 Å². The number of hydrogen-bond acceptors (Lipinski definition) is 5. The van der Waals surface area contributed by atoms with E-state index >= 15 is 0 Å². The van der Waals surface area contributed by atoms with Crippen LogP contribution in [-0.4, -0.2) is 42.0 Å². The van der Waals surface area contributed by atoms with Crippen molar-refractivity contribution in [3.63, 3.8) is 0 Å². The van der Waals surface area contributed by atoms with E-state index in [1.165, 1.54) is 0 Å². The van der Waals surface area contributed by atoms with Crippen LogP contribution < -0.4 is 9.47 Å². The number of amides is 1. The monoisotopic (exact) mass is 499 g/mol. The maximum atomic E-state index is 13.3. The Morgan fingerprint density at radius 1 is 0.946 bits per heavy atom. The number of aliphatic hydroxyl groups is 1. The Balaban J connectivity index is 1.73. The van der Waals surface area contributed by atoms with Crippen LogP contribution in [0.4, 0.5) is 0 Å². The maximum Gasteiger partial charge on any atom is 0.295 e. The minimum atomic E-state index is -0.686. The highest BCUT2D eigenvalue weighted by Crippen LogP contribution is 2.40. The van der Waals surface area contributed by atoms with E-state index in [9.17, 15) is 14.7 Å². The van der Waals surface area contributed by atoms with Crippen LogP contribution in [0.2, 0.25) is 0 Å². The molecule has 1 N–H and O–H groups in total. The number of likely N-dealkylation sites (tertiary alicyclic amines) is 1. The molecule has 0 spiro atoms. The Morgan fingerprint density at radius 2 is 1.62 bits per heavy atom. The van der Waals surface area contributed by atoms with Gasteiger partial charge in [-0.3, -0.25) is 9.59 Å². The summed E-state index contributed by atoms with van der Waals surface area (Å²) >= 11 is 0. The second-order valence-corrected chi connectivity index (χ2v) is 9.33. The van der Waals surface area contributed by atoms with Gasteiger partial charge < -0.3 is 19.5 Å². The third-order valence-electron chi connectivity index (χ3n) is 6.66. The summed E-state index contributed by atoms with van der Waals surface area (Å²) in [6.45, 7) is 6.79. The molecule has 1 aliphatic heterocycles. The molecule has 1 fully saturated rings. The number of hydrogen-bond donors (Lipinski definition) is 1. The molecule has 1 aliphatic rings. The van der Waals surface area contributed by atoms with Crippen molar-refractivity contribution >= 4 is 17.4 Å². The molecule has 1 saturated heterocycles. The fourth-order valence-corrected chi connectivity index (χ4v) is 4.60. The van der Waals surface area contributed by atoms with Gasteiger partial charge in [0, 0.05) is 12.1 Å². The van der Waals surface area contributed by atoms with E-state index < -0.39 is 17.7 Å². The van der Waals surface area contributed by atoms with Crippen LogP contribution in [0.15, 0.2) is 72.3 Å². The molecule has 4 rings (SSSR count). The molecule has 1 amide bonds. The Morgan fingerprint density at radius 3 is 2.24 bits per heavy atom. The van der Waals surface area contributed by atoms with Crippen LogP contribution in [0.25, 0.3) is 5.76 Å². The van der Waals surface area contributed by atoms with Crippen molar-refractivity contribution in [3.05, 3.63) is 100 Å². The van der Waals surface area contributed by atoms with Crippen LogP contribution in [0.5, 0.6) is 11.5 Å². The average Bonchev–Trinajstić information content (AvgIpc) is 3.16. The van der Waals surface area contributed by atoms with Gasteiger partial charge in [0.25, 0.3) is 11.7 Å². The number of rotatable bonds is 9. The van der Waals surface area contributed by atoms with Crippen LogP contribution in [-0.2, 0) is 16.0 Å². The first-order chi connectivity index (χ1) is 17.8. The summed E-state index contributed by atoms with van der Waals surface area (Å²) in [6.07, 6.45) is 1.44. The number of methoxy groups -OCH3 is 1. The topological polar surface area (TPSA) is 76.1 Å². The average molecular weight is 500 g/mol. The van der Waals surface area contributed by atoms with E-state index in [0.29, 0.717) is 30.9 Å². The highest BCUT2D eigenvalue weighted by atomic mass is 16.5. The molecule has 3 aromatic rings. The number of carbonyl (C=O) groups is 2. The van der Waals surface area contributed by atoms with Gasteiger partial charge in [0.15, 0.2) is 0 Å². The first-order valence-electron chi connectivity index (χ1n) is 12.6. The molecular weight excluding hydrogens is 466 g/mol. The number of ether oxygens (including phenoxy) is 2. The fraction of sp³-hybridized carbons (Fsp3) is 0.290. The summed E-state index contributed by atoms with van der Waals surface area (Å²) in [5, 5.41) is 11.4. The molecule has 0 aromatic heterocycles. The number of aliphatic hydroxyl groups excluding tert-OH is 1. The van der Waals surface area contributed by atoms with E-state index in [-0.39, 0.29) is 11.3 Å². The van der Waals surface area contributed by atoms with Crippen LogP contribution >= 0.6 is 0 Å². The van der Waals surface area contributed by atoms with E-state index in [1.807, 2.05) is 75.4 Å². The SMILES string of the molecule is CCCOc1ccc(C(O)=C2C(=O)C(=O)N(CCc3ccc(OC)cc3)[C@H]2c2ccc(C)cc2)c(C)c1. The van der Waals surface area contributed by atoms with Crippen molar-refractivity contribution in [3.8, 4) is 11.5 Å². The minimum absolute atomic E-state index is 0.105. The first-order valence-corrected chi connectivity index (χ1v) is 12.6. The standard InChI is InChI=1S/C31H33NO5/c1-5-18-37-25-14-15-26(21(3)19-25)29(33)27-28(23-10-6-20(2)7-11-23)32(31(35)30(27)34)17-16-22-8-12-24(36-4)13-9-22/h6-15,19,28,33H,5,16-18H2,1-4H3/t28-/m0/s1. The smallest absolute Gasteiger partial charge is 0.295 e. The van der Waals surface area contributed by atoms with Gasteiger partial charge in [0.1, 0.15) is 17.3 Å². The largest absolute Gasteiger partial charge is 0.507 e. The molecule has 0 bridgehead atoms. The van der Waals surface area contributed by atoms with Crippen molar-refractivity contribution < 1.29 is 24.2 Å². The molecule has 192 valence electrons. The Bertz CT molecular complexity index is 1310. The summed E-state index contributed by atoms with van der Waals surface area (Å²) in [4.78, 5) is 28.2. The molecule has 0 aliphatic carbocycles. The van der Waals surface area contributed by atoms with Gasteiger partial charge in [-0.15, -0.1) is 0 Å². The lowest BCUT2D eigenvalue weighted by Crippen LogP contribution is -2.31. The molecule has 3 aromatic carbocycles. The minimum Gasteiger partial charge on any atom is -0.507 e. The number of ketones is 1. The third kappa shape index (κ3) is 5.53. The molecule has 37 heavy (non-hydrogen) atoms. The van der Waals surface area contributed by atoms with E-state index in [0.717, 1.165) is 34.4 Å². The lowest BCUT2D eigenvalue weighted by Gasteiger charge is -2.25. The van der Waals surface area contributed by atoms with Gasteiger partial charge in [-0.05, 0) is 73.7 Å². The summed E-state index contributed by atoms with van der Waals surface area (Å²) in [7, 11) is 1.61.